The fraction of sp³-hybridized carbons (Fsp3) is 0.500. The number of hydrogen-bond donors (Lipinski definition) is 1. The van der Waals surface area contributed by atoms with Gasteiger partial charge < -0.3 is 14.8 Å². The summed E-state index contributed by atoms with van der Waals surface area (Å²) in [5.74, 6) is 0.183. The standard InChI is InChI=1S/C24H32N4O3/c1-17-15-18(2)26-23(30)22(17)24(31)28-13-6-7-19(16-28)9-10-21(29)27(3)14-11-20-8-4-5-12-25-20/h4-5,8,12,15,19H,6-7,9-11,13-14,16H2,1-3H3,(H,26,30). The van der Waals surface area contributed by atoms with Gasteiger partial charge >= 0.3 is 0 Å². The minimum Gasteiger partial charge on any atom is -0.345 e. The highest BCUT2D eigenvalue weighted by Gasteiger charge is 2.27. The molecule has 1 fully saturated rings. The van der Waals surface area contributed by atoms with Gasteiger partial charge in [0.1, 0.15) is 5.56 Å². The summed E-state index contributed by atoms with van der Waals surface area (Å²) < 4.78 is 0. The van der Waals surface area contributed by atoms with Crippen molar-refractivity contribution in [3.63, 3.8) is 0 Å². The second kappa shape index (κ2) is 10.4. The van der Waals surface area contributed by atoms with Crippen LogP contribution in [0.5, 0.6) is 0 Å². The third-order valence-corrected chi connectivity index (χ3v) is 6.01. The van der Waals surface area contributed by atoms with E-state index < -0.39 is 0 Å². The van der Waals surface area contributed by atoms with Crippen LogP contribution in [0.3, 0.4) is 0 Å². The van der Waals surface area contributed by atoms with Gasteiger partial charge in [0.25, 0.3) is 11.5 Å². The highest BCUT2D eigenvalue weighted by atomic mass is 16.2. The van der Waals surface area contributed by atoms with Gasteiger partial charge in [-0.25, -0.2) is 0 Å². The third kappa shape index (κ3) is 6.03. The molecule has 1 saturated heterocycles. The Morgan fingerprint density at radius 1 is 1.29 bits per heavy atom. The number of aromatic nitrogens is 2. The Kier molecular flexibility index (Phi) is 7.60. The van der Waals surface area contributed by atoms with E-state index in [4.69, 9.17) is 0 Å². The average Bonchev–Trinajstić information content (AvgIpc) is 2.76. The molecule has 166 valence electrons. The number of H-pyrrole nitrogens is 1. The molecule has 1 aliphatic heterocycles. The molecule has 0 saturated carbocycles. The van der Waals surface area contributed by atoms with Crippen LogP contribution in [0.2, 0.25) is 0 Å². The van der Waals surface area contributed by atoms with Crippen LogP contribution in [0, 0.1) is 19.8 Å². The van der Waals surface area contributed by atoms with Crippen molar-refractivity contribution < 1.29 is 9.59 Å². The van der Waals surface area contributed by atoms with Gasteiger partial charge in [0, 0.05) is 57.1 Å². The van der Waals surface area contributed by atoms with Crippen LogP contribution in [0.25, 0.3) is 0 Å². The molecule has 31 heavy (non-hydrogen) atoms. The minimum atomic E-state index is -0.325. The van der Waals surface area contributed by atoms with Crippen LogP contribution in [0.1, 0.15) is 53.0 Å². The number of carbonyl (C=O) groups excluding carboxylic acids is 2. The van der Waals surface area contributed by atoms with Gasteiger partial charge in [-0.1, -0.05) is 6.07 Å². The lowest BCUT2D eigenvalue weighted by molar-refractivity contribution is -0.130. The second-order valence-electron chi connectivity index (χ2n) is 8.52. The highest BCUT2D eigenvalue weighted by Crippen LogP contribution is 2.23. The number of nitrogens with one attached hydrogen (secondary N) is 1. The molecule has 2 aromatic rings. The number of amides is 2. The van der Waals surface area contributed by atoms with Gasteiger partial charge in [0.2, 0.25) is 5.91 Å². The molecular formula is C24H32N4O3. The van der Waals surface area contributed by atoms with Crippen molar-refractivity contribution in [2.75, 3.05) is 26.7 Å². The molecule has 1 unspecified atom stereocenters. The first-order valence-electron chi connectivity index (χ1n) is 11.0. The van der Waals surface area contributed by atoms with E-state index in [1.807, 2.05) is 38.2 Å². The van der Waals surface area contributed by atoms with E-state index in [2.05, 4.69) is 9.97 Å². The van der Waals surface area contributed by atoms with Crippen LogP contribution in [0.15, 0.2) is 35.3 Å². The minimum absolute atomic E-state index is 0.116. The molecule has 0 bridgehead atoms. The second-order valence-corrected chi connectivity index (χ2v) is 8.52. The van der Waals surface area contributed by atoms with Crippen molar-refractivity contribution in [2.45, 2.75) is 46.0 Å². The van der Waals surface area contributed by atoms with E-state index in [1.54, 1.807) is 22.9 Å². The summed E-state index contributed by atoms with van der Waals surface area (Å²) in [4.78, 5) is 48.4. The Hall–Kier alpha value is -2.96. The molecule has 0 aromatic carbocycles. The Labute approximate surface area is 183 Å². The number of likely N-dealkylation sites (tertiary alicyclic amines) is 1. The normalized spacial score (nSPS) is 16.2. The lowest BCUT2D eigenvalue weighted by Gasteiger charge is -2.33. The molecule has 1 N–H and O–H groups in total. The summed E-state index contributed by atoms with van der Waals surface area (Å²) in [6.07, 6.45) is 5.61. The first-order chi connectivity index (χ1) is 14.8. The van der Waals surface area contributed by atoms with E-state index in [1.165, 1.54) is 0 Å². The first-order valence-corrected chi connectivity index (χ1v) is 11.0. The Morgan fingerprint density at radius 2 is 2.10 bits per heavy atom. The molecule has 2 aromatic heterocycles. The van der Waals surface area contributed by atoms with Crippen molar-refractivity contribution >= 4 is 11.8 Å². The molecule has 7 nitrogen and oxygen atoms in total. The lowest BCUT2D eigenvalue weighted by Crippen LogP contribution is -2.42. The van der Waals surface area contributed by atoms with Crippen molar-refractivity contribution in [1.82, 2.24) is 19.8 Å². The molecule has 7 heteroatoms. The largest absolute Gasteiger partial charge is 0.345 e. The predicted octanol–water partition coefficient (Wildman–Crippen LogP) is 2.72. The third-order valence-electron chi connectivity index (χ3n) is 6.01. The molecule has 0 radical (unpaired) electrons. The summed E-state index contributed by atoms with van der Waals surface area (Å²) >= 11 is 0. The maximum atomic E-state index is 13.0. The van der Waals surface area contributed by atoms with Gasteiger partial charge in [-0.3, -0.25) is 19.4 Å². The molecule has 1 atom stereocenters. The molecule has 0 aliphatic carbocycles. The van der Waals surface area contributed by atoms with E-state index in [0.717, 1.165) is 37.1 Å². The van der Waals surface area contributed by atoms with Gasteiger partial charge in [0.15, 0.2) is 0 Å². The maximum absolute atomic E-state index is 13.0. The number of pyridine rings is 2. The summed E-state index contributed by atoms with van der Waals surface area (Å²) in [6, 6.07) is 7.63. The SMILES string of the molecule is Cc1cc(C)c(C(=O)N2CCCC(CCC(=O)N(C)CCc3ccccn3)C2)c(=O)[nH]1. The monoisotopic (exact) mass is 424 g/mol. The fourth-order valence-corrected chi connectivity index (χ4v) is 4.23. The molecule has 3 rings (SSSR count). The number of likely N-dealkylation sites (N-methyl/N-ethyl adjacent to an activating group) is 1. The average molecular weight is 425 g/mol. The quantitative estimate of drug-likeness (QED) is 0.740. The van der Waals surface area contributed by atoms with E-state index in [9.17, 15) is 14.4 Å². The van der Waals surface area contributed by atoms with Crippen molar-refractivity contribution in [3.8, 4) is 0 Å². The number of hydrogen-bond acceptors (Lipinski definition) is 4. The van der Waals surface area contributed by atoms with Crippen molar-refractivity contribution in [2.24, 2.45) is 5.92 Å². The number of nitrogens with zero attached hydrogens (tertiary/aromatic N) is 3. The molecule has 1 aliphatic rings. The summed E-state index contributed by atoms with van der Waals surface area (Å²) in [5.41, 5.74) is 2.34. The first kappa shape index (κ1) is 22.7. The fourth-order valence-electron chi connectivity index (χ4n) is 4.23. The van der Waals surface area contributed by atoms with E-state index in [-0.39, 0.29) is 28.9 Å². The smallest absolute Gasteiger partial charge is 0.261 e. The van der Waals surface area contributed by atoms with Gasteiger partial charge in [0.05, 0.1) is 0 Å². The Morgan fingerprint density at radius 3 is 2.81 bits per heavy atom. The molecule has 2 amide bonds. The number of carbonyl (C=O) groups is 2. The summed E-state index contributed by atoms with van der Waals surface area (Å²) in [7, 11) is 1.83. The Bertz CT molecular complexity index is 971. The van der Waals surface area contributed by atoms with E-state index in [0.29, 0.717) is 31.6 Å². The van der Waals surface area contributed by atoms with Gasteiger partial charge in [-0.2, -0.15) is 0 Å². The number of piperidine rings is 1. The number of aryl methyl sites for hydroxylation is 2. The zero-order valence-corrected chi connectivity index (χ0v) is 18.7. The topological polar surface area (TPSA) is 86.4 Å². The molecule has 3 heterocycles. The zero-order chi connectivity index (χ0) is 22.4. The van der Waals surface area contributed by atoms with Gasteiger partial charge in [-0.05, 0) is 62.8 Å². The van der Waals surface area contributed by atoms with Crippen LogP contribution in [0.4, 0.5) is 0 Å². The molecular weight excluding hydrogens is 392 g/mol. The zero-order valence-electron chi connectivity index (χ0n) is 18.7. The number of aromatic amines is 1. The van der Waals surface area contributed by atoms with Crippen LogP contribution in [-0.2, 0) is 11.2 Å². The Balaban J connectivity index is 1.51. The van der Waals surface area contributed by atoms with Crippen LogP contribution >= 0.6 is 0 Å². The lowest BCUT2D eigenvalue weighted by atomic mass is 9.92. The van der Waals surface area contributed by atoms with Crippen LogP contribution in [-0.4, -0.2) is 58.3 Å². The molecule has 0 spiro atoms. The van der Waals surface area contributed by atoms with Crippen molar-refractivity contribution in [3.05, 3.63) is 63.3 Å². The van der Waals surface area contributed by atoms with Crippen LogP contribution < -0.4 is 5.56 Å². The van der Waals surface area contributed by atoms with E-state index >= 15 is 0 Å². The maximum Gasteiger partial charge on any atom is 0.261 e. The predicted molar refractivity (Wildman–Crippen MR) is 120 cm³/mol. The number of rotatable bonds is 7. The summed E-state index contributed by atoms with van der Waals surface area (Å²) in [5, 5.41) is 0. The van der Waals surface area contributed by atoms with Crippen molar-refractivity contribution in [1.29, 1.82) is 0 Å². The van der Waals surface area contributed by atoms with Gasteiger partial charge in [-0.15, -0.1) is 0 Å². The summed E-state index contributed by atoms with van der Waals surface area (Å²) in [6.45, 7) is 5.50. The highest BCUT2D eigenvalue weighted by molar-refractivity contribution is 5.95.